The van der Waals surface area contributed by atoms with Crippen LogP contribution in [0.15, 0.2) is 78.4 Å². The van der Waals surface area contributed by atoms with Crippen LogP contribution in [0, 0.1) is 11.3 Å². The van der Waals surface area contributed by atoms with E-state index in [4.69, 9.17) is 4.74 Å². The van der Waals surface area contributed by atoms with Crippen molar-refractivity contribution in [2.24, 2.45) is 0 Å². The van der Waals surface area contributed by atoms with Crippen LogP contribution in [-0.4, -0.2) is 20.3 Å². The van der Waals surface area contributed by atoms with Crippen LogP contribution < -0.4 is 0 Å². The molecule has 0 saturated heterocycles. The molecule has 0 aliphatic rings. The van der Waals surface area contributed by atoms with Crippen molar-refractivity contribution < 1.29 is 9.53 Å². The highest BCUT2D eigenvalue weighted by Gasteiger charge is 2.18. The first kappa shape index (κ1) is 19.4. The van der Waals surface area contributed by atoms with E-state index in [-0.39, 0.29) is 5.57 Å². The summed E-state index contributed by atoms with van der Waals surface area (Å²) in [5.74, 6) is -0.563. The molecule has 0 spiro atoms. The molecule has 132 valence electrons. The number of carbonyl (C=O) groups is 1. The Morgan fingerprint density at radius 2 is 1.46 bits per heavy atom. The molecule has 26 heavy (non-hydrogen) atoms. The van der Waals surface area contributed by atoms with Gasteiger partial charge in [0.15, 0.2) is 0 Å². The van der Waals surface area contributed by atoms with E-state index in [1.165, 1.54) is 0 Å². The molecule has 2 aromatic carbocycles. The van der Waals surface area contributed by atoms with E-state index in [1.807, 2.05) is 66.7 Å². The highest BCUT2D eigenvalue weighted by atomic mass is 28.3. The average Bonchev–Trinajstić information content (AvgIpc) is 2.64. The molecule has 0 aliphatic heterocycles. The fourth-order valence-corrected chi connectivity index (χ4v) is 2.84. The molecule has 0 N–H and O–H groups in total. The summed E-state index contributed by atoms with van der Waals surface area (Å²) >= 11 is 0. The fraction of sp³-hybridized carbons (Fsp3) is 0.182. The average molecular weight is 362 g/mol. The maximum atomic E-state index is 12.2. The van der Waals surface area contributed by atoms with Crippen molar-refractivity contribution in [3.63, 3.8) is 0 Å². The van der Waals surface area contributed by atoms with Crippen LogP contribution in [0.2, 0.25) is 19.6 Å². The van der Waals surface area contributed by atoms with E-state index in [0.29, 0.717) is 6.23 Å². The van der Waals surface area contributed by atoms with Gasteiger partial charge in [-0.05, 0) is 22.8 Å². The number of nitriles is 1. The first-order chi connectivity index (χ1) is 12.4. The zero-order valence-electron chi connectivity index (χ0n) is 15.4. The molecule has 0 bridgehead atoms. The second-order valence-electron chi connectivity index (χ2n) is 7.14. The molecular formula is C22H23NO2Si. The van der Waals surface area contributed by atoms with Gasteiger partial charge in [-0.3, -0.25) is 0 Å². The topological polar surface area (TPSA) is 50.1 Å². The lowest BCUT2D eigenvalue weighted by atomic mass is 9.97. The van der Waals surface area contributed by atoms with E-state index >= 15 is 0 Å². The van der Waals surface area contributed by atoms with Gasteiger partial charge in [-0.15, -0.1) is 0 Å². The molecule has 4 heteroatoms. The number of hydrogen-bond acceptors (Lipinski definition) is 3. The Labute approximate surface area is 156 Å². The number of benzene rings is 2. The molecule has 0 radical (unpaired) electrons. The third-order valence-corrected chi connectivity index (χ3v) is 4.57. The molecule has 0 unspecified atom stereocenters. The smallest absolute Gasteiger partial charge is 0.348 e. The Hall–Kier alpha value is -2.90. The summed E-state index contributed by atoms with van der Waals surface area (Å²) in [4.78, 5) is 12.2. The summed E-state index contributed by atoms with van der Waals surface area (Å²) in [6, 6.07) is 21.7. The van der Waals surface area contributed by atoms with Gasteiger partial charge in [-0.1, -0.05) is 86.4 Å². The second kappa shape index (κ2) is 8.98. The SMILES string of the molecule is C[Si](C)(C)COC(=O)/C(C#N)=C\C=C(c1ccccc1)c1ccccc1. The predicted octanol–water partition coefficient (Wildman–Crippen LogP) is 4.99. The Morgan fingerprint density at radius 1 is 0.962 bits per heavy atom. The Balaban J connectivity index is 2.35. The van der Waals surface area contributed by atoms with Gasteiger partial charge in [-0.25, -0.2) is 4.79 Å². The summed E-state index contributed by atoms with van der Waals surface area (Å²) < 4.78 is 5.31. The van der Waals surface area contributed by atoms with Gasteiger partial charge in [0.1, 0.15) is 11.6 Å². The Kier molecular flexibility index (Phi) is 6.71. The van der Waals surface area contributed by atoms with Crippen molar-refractivity contribution >= 4 is 19.6 Å². The lowest BCUT2D eigenvalue weighted by Crippen LogP contribution is -2.30. The van der Waals surface area contributed by atoms with Gasteiger partial charge in [0, 0.05) is 0 Å². The minimum absolute atomic E-state index is 0.00705. The normalized spacial score (nSPS) is 11.4. The minimum atomic E-state index is -1.52. The van der Waals surface area contributed by atoms with Gasteiger partial charge in [0.2, 0.25) is 0 Å². The number of nitrogens with zero attached hydrogens (tertiary/aromatic N) is 1. The fourth-order valence-electron chi connectivity index (χ4n) is 2.27. The third-order valence-electron chi connectivity index (χ3n) is 3.56. The molecule has 0 atom stereocenters. The van der Waals surface area contributed by atoms with Crippen LogP contribution in [0.4, 0.5) is 0 Å². The number of allylic oxidation sites excluding steroid dienone is 2. The van der Waals surface area contributed by atoms with Gasteiger partial charge >= 0.3 is 5.97 Å². The van der Waals surface area contributed by atoms with E-state index in [0.717, 1.165) is 16.7 Å². The standard InChI is InChI=1S/C22H23NO2Si/c1-26(2,3)17-25-22(24)20(16-23)14-15-21(18-10-6-4-7-11-18)19-12-8-5-9-13-19/h4-15H,17H2,1-3H3/b20-14-. The van der Waals surface area contributed by atoms with E-state index in [1.54, 1.807) is 12.2 Å². The largest absolute Gasteiger partial charge is 0.465 e. The van der Waals surface area contributed by atoms with Crippen LogP contribution in [0.5, 0.6) is 0 Å². The maximum absolute atomic E-state index is 12.2. The van der Waals surface area contributed by atoms with E-state index in [9.17, 15) is 10.1 Å². The molecule has 0 aromatic heterocycles. The van der Waals surface area contributed by atoms with Crippen LogP contribution in [0.25, 0.3) is 5.57 Å². The van der Waals surface area contributed by atoms with Crippen molar-refractivity contribution in [3.8, 4) is 6.07 Å². The molecule has 2 rings (SSSR count). The van der Waals surface area contributed by atoms with E-state index < -0.39 is 14.0 Å². The van der Waals surface area contributed by atoms with Crippen molar-refractivity contribution in [1.82, 2.24) is 0 Å². The predicted molar refractivity (Wildman–Crippen MR) is 108 cm³/mol. The molecule has 3 nitrogen and oxygen atoms in total. The van der Waals surface area contributed by atoms with Crippen molar-refractivity contribution in [2.45, 2.75) is 19.6 Å². The van der Waals surface area contributed by atoms with Crippen LogP contribution in [-0.2, 0) is 9.53 Å². The molecule has 0 fully saturated rings. The van der Waals surface area contributed by atoms with Crippen LogP contribution in [0.1, 0.15) is 11.1 Å². The quantitative estimate of drug-likeness (QED) is 0.239. The van der Waals surface area contributed by atoms with Crippen molar-refractivity contribution in [2.75, 3.05) is 6.23 Å². The zero-order valence-corrected chi connectivity index (χ0v) is 16.4. The zero-order chi connectivity index (χ0) is 19.0. The lowest BCUT2D eigenvalue weighted by molar-refractivity contribution is -0.136. The third kappa shape index (κ3) is 5.87. The first-order valence-electron chi connectivity index (χ1n) is 8.51. The van der Waals surface area contributed by atoms with Crippen molar-refractivity contribution in [3.05, 3.63) is 89.5 Å². The van der Waals surface area contributed by atoms with Gasteiger partial charge in [0.25, 0.3) is 0 Å². The maximum Gasteiger partial charge on any atom is 0.348 e. The molecule has 0 aliphatic carbocycles. The Bertz CT molecular complexity index is 800. The summed E-state index contributed by atoms with van der Waals surface area (Å²) in [5.41, 5.74) is 2.98. The molecular weight excluding hydrogens is 338 g/mol. The molecule has 2 aromatic rings. The summed E-state index contributed by atoms with van der Waals surface area (Å²) in [6.45, 7) is 6.33. The molecule has 0 saturated carbocycles. The summed E-state index contributed by atoms with van der Waals surface area (Å²) in [7, 11) is -1.52. The van der Waals surface area contributed by atoms with Crippen molar-refractivity contribution in [1.29, 1.82) is 5.26 Å². The van der Waals surface area contributed by atoms with Gasteiger partial charge < -0.3 is 4.74 Å². The Morgan fingerprint density at radius 3 is 1.88 bits per heavy atom. The number of esters is 1. The number of hydrogen-bond donors (Lipinski definition) is 0. The van der Waals surface area contributed by atoms with Gasteiger partial charge in [0.05, 0.1) is 14.3 Å². The van der Waals surface area contributed by atoms with Gasteiger partial charge in [-0.2, -0.15) is 5.26 Å². The lowest BCUT2D eigenvalue weighted by Gasteiger charge is -2.15. The number of rotatable bonds is 6. The molecule has 0 amide bonds. The highest BCUT2D eigenvalue weighted by molar-refractivity contribution is 6.76. The number of carbonyl (C=O) groups excluding carboxylic acids is 1. The van der Waals surface area contributed by atoms with Crippen LogP contribution in [0.3, 0.4) is 0 Å². The highest BCUT2D eigenvalue weighted by Crippen LogP contribution is 2.23. The minimum Gasteiger partial charge on any atom is -0.465 e. The monoisotopic (exact) mass is 361 g/mol. The second-order valence-corrected chi connectivity index (χ2v) is 12.6. The number of ether oxygens (including phenoxy) is 1. The molecule has 0 heterocycles. The van der Waals surface area contributed by atoms with Crippen LogP contribution >= 0.6 is 0 Å². The summed E-state index contributed by atoms with van der Waals surface area (Å²) in [6.07, 6.45) is 3.75. The summed E-state index contributed by atoms with van der Waals surface area (Å²) in [5, 5.41) is 9.34. The first-order valence-corrected chi connectivity index (χ1v) is 12.2. The van der Waals surface area contributed by atoms with E-state index in [2.05, 4.69) is 19.6 Å².